The number of hydrogen-bond acceptors (Lipinski definition) is 5. The van der Waals surface area contributed by atoms with Gasteiger partial charge in [-0.25, -0.2) is 14.4 Å². The normalized spacial score (nSPS) is 12.5. The second kappa shape index (κ2) is 5.73. The smallest absolute Gasteiger partial charge is 0.141 e. The molecule has 0 radical (unpaired) electrons. The monoisotopic (exact) mass is 302 g/mol. The molecule has 4 nitrogen and oxygen atoms in total. The van der Waals surface area contributed by atoms with Crippen LogP contribution in [0.5, 0.6) is 0 Å². The van der Waals surface area contributed by atoms with Crippen LogP contribution in [-0.4, -0.2) is 15.0 Å². The van der Waals surface area contributed by atoms with Crippen LogP contribution in [-0.2, 0) is 6.42 Å². The summed E-state index contributed by atoms with van der Waals surface area (Å²) in [6, 6.07) is 3.39. The van der Waals surface area contributed by atoms with Crippen LogP contribution < -0.4 is 5.32 Å². The third-order valence-electron chi connectivity index (χ3n) is 3.27. The Morgan fingerprint density at radius 3 is 2.95 bits per heavy atom. The van der Waals surface area contributed by atoms with Gasteiger partial charge in [0.1, 0.15) is 22.3 Å². The minimum absolute atomic E-state index is 0.0871. The zero-order chi connectivity index (χ0) is 14.8. The van der Waals surface area contributed by atoms with Gasteiger partial charge >= 0.3 is 0 Å². The van der Waals surface area contributed by atoms with E-state index in [1.54, 1.807) is 17.5 Å². The molecule has 0 amide bonds. The second-order valence-electron chi connectivity index (χ2n) is 4.78. The third-order valence-corrected chi connectivity index (χ3v) is 4.07. The summed E-state index contributed by atoms with van der Waals surface area (Å²) in [5, 5.41) is 6.33. The van der Waals surface area contributed by atoms with Gasteiger partial charge in [0.15, 0.2) is 0 Å². The van der Waals surface area contributed by atoms with Crippen molar-refractivity contribution in [3.05, 3.63) is 47.1 Å². The van der Waals surface area contributed by atoms with E-state index in [1.165, 1.54) is 12.3 Å². The molecule has 0 saturated carbocycles. The van der Waals surface area contributed by atoms with E-state index in [2.05, 4.69) is 20.3 Å². The van der Waals surface area contributed by atoms with Gasteiger partial charge in [0.05, 0.1) is 17.6 Å². The molecule has 3 aromatic rings. The summed E-state index contributed by atoms with van der Waals surface area (Å²) in [4.78, 5) is 13.9. The molecule has 0 aromatic carbocycles. The van der Waals surface area contributed by atoms with Crippen molar-refractivity contribution < 1.29 is 4.39 Å². The van der Waals surface area contributed by atoms with Crippen molar-refractivity contribution in [2.75, 3.05) is 5.32 Å². The summed E-state index contributed by atoms with van der Waals surface area (Å²) in [5.41, 5.74) is 0.787. The van der Waals surface area contributed by atoms with Crippen LogP contribution in [0.25, 0.3) is 10.2 Å². The summed E-state index contributed by atoms with van der Waals surface area (Å²) in [6.45, 7) is 3.99. The number of nitrogens with zero attached hydrogens (tertiary/aromatic N) is 3. The number of nitrogens with one attached hydrogen (secondary N) is 1. The van der Waals surface area contributed by atoms with Gasteiger partial charge in [-0.3, -0.25) is 4.98 Å². The Bertz CT molecular complexity index is 771. The maximum atomic E-state index is 13.3. The molecule has 0 aliphatic carbocycles. The van der Waals surface area contributed by atoms with Crippen molar-refractivity contribution in [3.8, 4) is 0 Å². The molecule has 6 heteroatoms. The number of halogens is 1. The quantitative estimate of drug-likeness (QED) is 0.792. The Morgan fingerprint density at radius 2 is 2.19 bits per heavy atom. The zero-order valence-electron chi connectivity index (χ0n) is 11.8. The molecule has 3 heterocycles. The molecule has 1 N–H and O–H groups in total. The molecule has 0 bridgehead atoms. The molecular weight excluding hydrogens is 287 g/mol. The predicted molar refractivity (Wildman–Crippen MR) is 83.0 cm³/mol. The van der Waals surface area contributed by atoms with Crippen LogP contribution in [0.4, 0.5) is 10.2 Å². The molecule has 1 atom stereocenters. The lowest BCUT2D eigenvalue weighted by Gasteiger charge is -2.15. The maximum Gasteiger partial charge on any atom is 0.141 e. The molecule has 21 heavy (non-hydrogen) atoms. The van der Waals surface area contributed by atoms with Crippen molar-refractivity contribution in [3.63, 3.8) is 0 Å². The number of fused-ring (bicyclic) bond motifs is 1. The largest absolute Gasteiger partial charge is 0.363 e. The Kier molecular flexibility index (Phi) is 3.79. The number of pyridine rings is 1. The first-order valence-electron chi connectivity index (χ1n) is 6.78. The fourth-order valence-electron chi connectivity index (χ4n) is 2.12. The Morgan fingerprint density at radius 1 is 1.33 bits per heavy atom. The molecule has 0 unspecified atom stereocenters. The first kappa shape index (κ1) is 13.9. The number of thiophene rings is 1. The van der Waals surface area contributed by atoms with Gasteiger partial charge in [0.25, 0.3) is 0 Å². The molecule has 0 spiro atoms. The molecule has 0 fully saturated rings. The van der Waals surface area contributed by atoms with Crippen molar-refractivity contribution in [2.45, 2.75) is 26.3 Å². The van der Waals surface area contributed by atoms with E-state index in [0.717, 1.165) is 33.8 Å². The van der Waals surface area contributed by atoms with Gasteiger partial charge in [0, 0.05) is 12.6 Å². The number of anilines is 1. The molecular formula is C15H15FN4S. The average molecular weight is 302 g/mol. The molecule has 0 aliphatic heterocycles. The van der Waals surface area contributed by atoms with E-state index in [4.69, 9.17) is 0 Å². The SMILES string of the molecule is CCc1nc(N[C@H](C)c2cncc(F)c2)c2ccsc2n1. The highest BCUT2D eigenvalue weighted by Crippen LogP contribution is 2.28. The van der Waals surface area contributed by atoms with Gasteiger partial charge in [-0.1, -0.05) is 6.92 Å². The van der Waals surface area contributed by atoms with Crippen LogP contribution in [0.1, 0.15) is 31.3 Å². The van der Waals surface area contributed by atoms with E-state index >= 15 is 0 Å². The number of rotatable bonds is 4. The van der Waals surface area contributed by atoms with Crippen molar-refractivity contribution in [2.24, 2.45) is 0 Å². The van der Waals surface area contributed by atoms with Crippen LogP contribution in [0, 0.1) is 5.82 Å². The Labute approximate surface area is 126 Å². The molecule has 3 rings (SSSR count). The van der Waals surface area contributed by atoms with Crippen molar-refractivity contribution >= 4 is 27.4 Å². The lowest BCUT2D eigenvalue weighted by atomic mass is 10.1. The summed E-state index contributed by atoms with van der Waals surface area (Å²) in [5.74, 6) is 1.26. The minimum Gasteiger partial charge on any atom is -0.363 e. The lowest BCUT2D eigenvalue weighted by Crippen LogP contribution is -2.10. The summed E-state index contributed by atoms with van der Waals surface area (Å²) in [7, 11) is 0. The van der Waals surface area contributed by atoms with E-state index in [1.807, 2.05) is 25.3 Å². The van der Waals surface area contributed by atoms with E-state index in [0.29, 0.717) is 0 Å². The average Bonchev–Trinajstić information content (AvgIpc) is 2.95. The molecule has 108 valence electrons. The van der Waals surface area contributed by atoms with Gasteiger partial charge in [0.2, 0.25) is 0 Å². The minimum atomic E-state index is -0.334. The first-order chi connectivity index (χ1) is 10.2. The second-order valence-corrected chi connectivity index (χ2v) is 5.68. The van der Waals surface area contributed by atoms with Gasteiger partial charge in [-0.2, -0.15) is 0 Å². The summed E-state index contributed by atoms with van der Waals surface area (Å²) < 4.78 is 13.3. The van der Waals surface area contributed by atoms with Crippen LogP contribution >= 0.6 is 11.3 Å². The summed E-state index contributed by atoms with van der Waals surface area (Å²) in [6.07, 6.45) is 3.64. The van der Waals surface area contributed by atoms with Crippen LogP contribution in [0.15, 0.2) is 29.9 Å². The fraction of sp³-hybridized carbons (Fsp3) is 0.267. The van der Waals surface area contributed by atoms with Gasteiger partial charge in [-0.05, 0) is 30.0 Å². The highest BCUT2D eigenvalue weighted by molar-refractivity contribution is 7.16. The van der Waals surface area contributed by atoms with E-state index < -0.39 is 0 Å². The van der Waals surface area contributed by atoms with Crippen LogP contribution in [0.3, 0.4) is 0 Å². The Balaban J connectivity index is 1.95. The molecule has 3 aromatic heterocycles. The highest BCUT2D eigenvalue weighted by atomic mass is 32.1. The van der Waals surface area contributed by atoms with Crippen molar-refractivity contribution in [1.29, 1.82) is 0 Å². The van der Waals surface area contributed by atoms with E-state index in [9.17, 15) is 4.39 Å². The molecule has 0 saturated heterocycles. The third kappa shape index (κ3) is 2.85. The number of aromatic nitrogens is 3. The standard InChI is InChI=1S/C15H15FN4S/c1-3-13-19-14(12-4-5-21-15(12)20-13)18-9(2)10-6-11(16)8-17-7-10/h4-9H,3H2,1-2H3,(H,18,19,20)/t9-/m1/s1. The summed E-state index contributed by atoms with van der Waals surface area (Å²) >= 11 is 1.59. The maximum absolute atomic E-state index is 13.3. The van der Waals surface area contributed by atoms with Gasteiger partial charge in [-0.15, -0.1) is 11.3 Å². The Hall–Kier alpha value is -2.08. The highest BCUT2D eigenvalue weighted by Gasteiger charge is 2.12. The number of hydrogen-bond donors (Lipinski definition) is 1. The first-order valence-corrected chi connectivity index (χ1v) is 7.66. The lowest BCUT2D eigenvalue weighted by molar-refractivity contribution is 0.616. The fourth-order valence-corrected chi connectivity index (χ4v) is 2.90. The van der Waals surface area contributed by atoms with E-state index in [-0.39, 0.29) is 11.9 Å². The van der Waals surface area contributed by atoms with Crippen molar-refractivity contribution in [1.82, 2.24) is 15.0 Å². The van der Waals surface area contributed by atoms with Crippen LogP contribution in [0.2, 0.25) is 0 Å². The topological polar surface area (TPSA) is 50.7 Å². The predicted octanol–water partition coefficient (Wildman–Crippen LogP) is 3.96. The number of aryl methyl sites for hydroxylation is 1. The molecule has 0 aliphatic rings. The zero-order valence-corrected chi connectivity index (χ0v) is 12.6. The van der Waals surface area contributed by atoms with Gasteiger partial charge < -0.3 is 5.32 Å².